The average molecular weight is 282 g/mol. The minimum absolute atomic E-state index is 0.0548. The third-order valence-electron chi connectivity index (χ3n) is 3.08. The number of carbonyl (C=O) groups is 1. The molecule has 0 spiro atoms. The van der Waals surface area contributed by atoms with Crippen LogP contribution in [0.1, 0.15) is 53.4 Å². The maximum absolute atomic E-state index is 11.3. The summed E-state index contributed by atoms with van der Waals surface area (Å²) in [6.45, 7) is 8.57. The molecule has 0 aliphatic carbocycles. The Morgan fingerprint density at radius 1 is 1.25 bits per heavy atom. The predicted octanol–water partition coefficient (Wildman–Crippen LogP) is 3.88. The highest BCUT2D eigenvalue weighted by Crippen LogP contribution is 2.15. The molecule has 0 saturated carbocycles. The largest absolute Gasteiger partial charge is 0.460 e. The topological polar surface area (TPSA) is 46.5 Å². The van der Waals surface area contributed by atoms with Crippen LogP contribution in [-0.2, 0) is 9.53 Å². The van der Waals surface area contributed by atoms with E-state index in [0.29, 0.717) is 5.92 Å². The summed E-state index contributed by atoms with van der Waals surface area (Å²) in [6.07, 6.45) is 10.4. The maximum atomic E-state index is 11.3. The predicted molar refractivity (Wildman–Crippen MR) is 83.4 cm³/mol. The van der Waals surface area contributed by atoms with Crippen LogP contribution in [0.25, 0.3) is 0 Å². The standard InChI is InChI=1S/C17H30O3/c1-14(2)7-5-8-15(3)9-6-10-16(4)13-17(19)20-12-11-18/h6,10,13-15,18H,5,7-9,11-12H2,1-4H3/b10-6+,16-13+. The number of hydrogen-bond donors (Lipinski definition) is 1. The molecule has 0 aromatic heterocycles. The lowest BCUT2D eigenvalue weighted by Gasteiger charge is -2.09. The van der Waals surface area contributed by atoms with E-state index in [0.717, 1.165) is 17.9 Å². The van der Waals surface area contributed by atoms with Gasteiger partial charge in [0.2, 0.25) is 0 Å². The van der Waals surface area contributed by atoms with Crippen molar-refractivity contribution in [1.29, 1.82) is 0 Å². The number of aliphatic hydroxyl groups is 1. The number of allylic oxidation sites excluding steroid dienone is 3. The zero-order valence-corrected chi connectivity index (χ0v) is 13.4. The van der Waals surface area contributed by atoms with Crippen LogP contribution in [0.4, 0.5) is 0 Å². The Morgan fingerprint density at radius 2 is 1.95 bits per heavy atom. The molecule has 3 heteroatoms. The minimum Gasteiger partial charge on any atom is -0.460 e. The van der Waals surface area contributed by atoms with Crippen molar-refractivity contribution in [3.63, 3.8) is 0 Å². The summed E-state index contributed by atoms with van der Waals surface area (Å²) in [5.74, 6) is 1.07. The molecule has 0 radical (unpaired) electrons. The number of ether oxygens (including phenoxy) is 1. The van der Waals surface area contributed by atoms with Crippen molar-refractivity contribution in [2.24, 2.45) is 11.8 Å². The Bertz CT molecular complexity index is 316. The molecule has 0 saturated heterocycles. The molecule has 1 N–H and O–H groups in total. The maximum Gasteiger partial charge on any atom is 0.331 e. The van der Waals surface area contributed by atoms with Crippen LogP contribution in [0, 0.1) is 11.8 Å². The fourth-order valence-electron chi connectivity index (χ4n) is 1.90. The fraction of sp³-hybridized carbons (Fsp3) is 0.706. The van der Waals surface area contributed by atoms with Crippen LogP contribution in [0.3, 0.4) is 0 Å². The van der Waals surface area contributed by atoms with E-state index < -0.39 is 5.97 Å². The van der Waals surface area contributed by atoms with Gasteiger partial charge in [0.15, 0.2) is 0 Å². The highest BCUT2D eigenvalue weighted by Gasteiger charge is 2.01. The molecule has 0 aliphatic rings. The third-order valence-corrected chi connectivity index (χ3v) is 3.08. The Morgan fingerprint density at radius 3 is 2.55 bits per heavy atom. The van der Waals surface area contributed by atoms with Gasteiger partial charge in [-0.15, -0.1) is 0 Å². The van der Waals surface area contributed by atoms with Gasteiger partial charge in [0.05, 0.1) is 6.61 Å². The molecule has 0 aliphatic heterocycles. The van der Waals surface area contributed by atoms with Gasteiger partial charge in [-0.25, -0.2) is 4.79 Å². The second-order valence-corrected chi connectivity index (χ2v) is 5.85. The normalized spacial score (nSPS) is 14.0. The highest BCUT2D eigenvalue weighted by molar-refractivity contribution is 5.83. The summed E-state index contributed by atoms with van der Waals surface area (Å²) < 4.78 is 4.77. The van der Waals surface area contributed by atoms with Crippen molar-refractivity contribution in [2.45, 2.75) is 53.4 Å². The first-order valence-corrected chi connectivity index (χ1v) is 7.58. The number of rotatable bonds is 10. The molecule has 0 rings (SSSR count). The van der Waals surface area contributed by atoms with Gasteiger partial charge >= 0.3 is 5.97 Å². The van der Waals surface area contributed by atoms with E-state index in [4.69, 9.17) is 9.84 Å². The molecule has 0 amide bonds. The minimum atomic E-state index is -0.397. The number of aliphatic hydroxyl groups excluding tert-OH is 1. The van der Waals surface area contributed by atoms with Crippen LogP contribution in [0.15, 0.2) is 23.8 Å². The summed E-state index contributed by atoms with van der Waals surface area (Å²) in [5, 5.41) is 8.54. The Kier molecular flexibility index (Phi) is 11.1. The second-order valence-electron chi connectivity index (χ2n) is 5.85. The third kappa shape index (κ3) is 12.0. The Balaban J connectivity index is 3.92. The van der Waals surface area contributed by atoms with Gasteiger partial charge < -0.3 is 9.84 Å². The molecule has 1 atom stereocenters. The monoisotopic (exact) mass is 282 g/mol. The van der Waals surface area contributed by atoms with Crippen LogP contribution in [0.2, 0.25) is 0 Å². The van der Waals surface area contributed by atoms with Gasteiger partial charge in [-0.3, -0.25) is 0 Å². The van der Waals surface area contributed by atoms with Gasteiger partial charge in [-0.1, -0.05) is 52.2 Å². The molecular formula is C17H30O3. The zero-order chi connectivity index (χ0) is 15.4. The van der Waals surface area contributed by atoms with Gasteiger partial charge in [0, 0.05) is 6.08 Å². The van der Waals surface area contributed by atoms with Crippen molar-refractivity contribution < 1.29 is 14.6 Å². The van der Waals surface area contributed by atoms with E-state index in [-0.39, 0.29) is 13.2 Å². The highest BCUT2D eigenvalue weighted by atomic mass is 16.5. The first kappa shape index (κ1) is 18.9. The van der Waals surface area contributed by atoms with E-state index in [9.17, 15) is 4.79 Å². The van der Waals surface area contributed by atoms with Crippen LogP contribution < -0.4 is 0 Å². The molecule has 1 unspecified atom stereocenters. The summed E-state index contributed by atoms with van der Waals surface area (Å²) in [6, 6.07) is 0. The van der Waals surface area contributed by atoms with Crippen molar-refractivity contribution in [1.82, 2.24) is 0 Å². The summed E-state index contributed by atoms with van der Waals surface area (Å²) in [5.41, 5.74) is 0.877. The number of esters is 1. The molecule has 0 aromatic carbocycles. The van der Waals surface area contributed by atoms with E-state index in [1.165, 1.54) is 25.3 Å². The number of hydrogen-bond acceptors (Lipinski definition) is 3. The average Bonchev–Trinajstić information content (AvgIpc) is 2.35. The smallest absolute Gasteiger partial charge is 0.331 e. The zero-order valence-electron chi connectivity index (χ0n) is 13.4. The lowest BCUT2D eigenvalue weighted by molar-refractivity contribution is -0.138. The molecule has 0 aromatic rings. The number of carbonyl (C=O) groups excluding carboxylic acids is 1. The SMILES string of the molecule is CC(/C=C/CC(C)CCCC(C)C)=C\C(=O)OCCO. The van der Waals surface area contributed by atoms with E-state index >= 15 is 0 Å². The van der Waals surface area contributed by atoms with Crippen molar-refractivity contribution in [2.75, 3.05) is 13.2 Å². The Labute approximate surface area is 123 Å². The van der Waals surface area contributed by atoms with Crippen molar-refractivity contribution in [3.05, 3.63) is 23.8 Å². The molecule has 0 fully saturated rings. The van der Waals surface area contributed by atoms with Crippen molar-refractivity contribution in [3.8, 4) is 0 Å². The molecule has 0 heterocycles. The molecule has 0 bridgehead atoms. The summed E-state index contributed by atoms with van der Waals surface area (Å²) in [4.78, 5) is 11.3. The van der Waals surface area contributed by atoms with E-state index in [1.54, 1.807) is 0 Å². The van der Waals surface area contributed by atoms with Crippen LogP contribution in [-0.4, -0.2) is 24.3 Å². The van der Waals surface area contributed by atoms with E-state index in [2.05, 4.69) is 26.8 Å². The lowest BCUT2D eigenvalue weighted by Crippen LogP contribution is -2.05. The van der Waals surface area contributed by atoms with E-state index in [1.807, 2.05) is 13.0 Å². The van der Waals surface area contributed by atoms with Gasteiger partial charge in [-0.2, -0.15) is 0 Å². The van der Waals surface area contributed by atoms with Gasteiger partial charge in [-0.05, 0) is 30.8 Å². The first-order valence-electron chi connectivity index (χ1n) is 7.58. The molecule has 116 valence electrons. The quantitative estimate of drug-likeness (QED) is 0.376. The van der Waals surface area contributed by atoms with Crippen LogP contribution in [0.5, 0.6) is 0 Å². The molecular weight excluding hydrogens is 252 g/mol. The Hall–Kier alpha value is -1.09. The van der Waals surface area contributed by atoms with Crippen molar-refractivity contribution >= 4 is 5.97 Å². The first-order chi connectivity index (χ1) is 9.45. The summed E-state index contributed by atoms with van der Waals surface area (Å²) in [7, 11) is 0. The lowest BCUT2D eigenvalue weighted by atomic mass is 9.97. The molecule has 20 heavy (non-hydrogen) atoms. The summed E-state index contributed by atoms with van der Waals surface area (Å²) >= 11 is 0. The van der Waals surface area contributed by atoms with Crippen LogP contribution >= 0.6 is 0 Å². The van der Waals surface area contributed by atoms with Gasteiger partial charge in [0.25, 0.3) is 0 Å². The second kappa shape index (κ2) is 11.7. The van der Waals surface area contributed by atoms with Gasteiger partial charge in [0.1, 0.15) is 6.61 Å². The molecule has 3 nitrogen and oxygen atoms in total. The fourth-order valence-corrected chi connectivity index (χ4v) is 1.90.